The van der Waals surface area contributed by atoms with Gasteiger partial charge in [0.15, 0.2) is 0 Å². The van der Waals surface area contributed by atoms with Crippen LogP contribution in [-0.2, 0) is 6.54 Å². The largest absolute Gasteiger partial charge is 0.457 e. The summed E-state index contributed by atoms with van der Waals surface area (Å²) in [6, 6.07) is 13.0. The second-order valence-corrected chi connectivity index (χ2v) is 7.25. The average molecular weight is 411 g/mol. The lowest BCUT2D eigenvalue weighted by atomic mass is 10.2. The summed E-state index contributed by atoms with van der Waals surface area (Å²) >= 11 is 7.01. The van der Waals surface area contributed by atoms with Gasteiger partial charge < -0.3 is 10.1 Å². The number of hydrogen-bond acceptors (Lipinski definition) is 2. The van der Waals surface area contributed by atoms with E-state index in [1.165, 1.54) is 18.4 Å². The molecule has 1 N–H and O–H groups in total. The van der Waals surface area contributed by atoms with Gasteiger partial charge in [-0.3, -0.25) is 0 Å². The van der Waals surface area contributed by atoms with Gasteiger partial charge in [-0.2, -0.15) is 0 Å². The zero-order valence-electron chi connectivity index (χ0n) is 11.8. The predicted octanol–water partition coefficient (Wildman–Crippen LogP) is 5.56. The molecule has 2 nitrogen and oxygen atoms in total. The van der Waals surface area contributed by atoms with Crippen molar-refractivity contribution in [3.05, 3.63) is 56.5 Å². The number of halogens is 2. The third kappa shape index (κ3) is 4.09. The Hall–Kier alpha value is -0.840. The SMILES string of the molecule is Cc1cc(Br)ccc1Oc1cc(Br)ccc1CNC1CC1. The summed E-state index contributed by atoms with van der Waals surface area (Å²) in [5.41, 5.74) is 2.30. The first-order valence-corrected chi connectivity index (χ1v) is 8.66. The number of hydrogen-bond donors (Lipinski definition) is 1. The van der Waals surface area contributed by atoms with E-state index < -0.39 is 0 Å². The maximum Gasteiger partial charge on any atom is 0.133 e. The quantitative estimate of drug-likeness (QED) is 0.696. The Balaban J connectivity index is 1.83. The Morgan fingerprint density at radius 2 is 1.76 bits per heavy atom. The summed E-state index contributed by atoms with van der Waals surface area (Å²) in [5, 5.41) is 3.54. The van der Waals surface area contributed by atoms with Crippen LogP contribution in [0, 0.1) is 6.92 Å². The summed E-state index contributed by atoms with van der Waals surface area (Å²) < 4.78 is 8.23. The molecule has 3 rings (SSSR count). The first kappa shape index (κ1) is 15.1. The molecule has 1 saturated carbocycles. The highest BCUT2D eigenvalue weighted by molar-refractivity contribution is 9.10. The van der Waals surface area contributed by atoms with Crippen LogP contribution in [0.5, 0.6) is 11.5 Å². The molecule has 0 atom stereocenters. The van der Waals surface area contributed by atoms with Crippen LogP contribution < -0.4 is 10.1 Å². The minimum atomic E-state index is 0.691. The lowest BCUT2D eigenvalue weighted by Crippen LogP contribution is -2.15. The molecule has 0 radical (unpaired) electrons. The van der Waals surface area contributed by atoms with E-state index in [0.29, 0.717) is 6.04 Å². The van der Waals surface area contributed by atoms with Gasteiger partial charge in [0.25, 0.3) is 0 Å². The molecule has 1 aliphatic rings. The van der Waals surface area contributed by atoms with Gasteiger partial charge in [0.05, 0.1) is 0 Å². The lowest BCUT2D eigenvalue weighted by Gasteiger charge is -2.14. The Labute approximate surface area is 142 Å². The monoisotopic (exact) mass is 409 g/mol. The molecule has 4 heteroatoms. The fraction of sp³-hybridized carbons (Fsp3) is 0.294. The molecule has 0 saturated heterocycles. The van der Waals surface area contributed by atoms with Crippen LogP contribution in [0.2, 0.25) is 0 Å². The zero-order chi connectivity index (χ0) is 14.8. The fourth-order valence-electron chi connectivity index (χ4n) is 2.16. The van der Waals surface area contributed by atoms with Crippen LogP contribution in [-0.4, -0.2) is 6.04 Å². The van der Waals surface area contributed by atoms with Crippen molar-refractivity contribution in [3.63, 3.8) is 0 Å². The minimum Gasteiger partial charge on any atom is -0.457 e. The van der Waals surface area contributed by atoms with Gasteiger partial charge in [-0.05, 0) is 55.7 Å². The molecule has 2 aromatic carbocycles. The van der Waals surface area contributed by atoms with Gasteiger partial charge in [-0.1, -0.05) is 37.9 Å². The van der Waals surface area contributed by atoms with Crippen LogP contribution >= 0.6 is 31.9 Å². The van der Waals surface area contributed by atoms with Gasteiger partial charge in [0.1, 0.15) is 11.5 Å². The average Bonchev–Trinajstić information content (AvgIpc) is 3.25. The van der Waals surface area contributed by atoms with Gasteiger partial charge in [-0.15, -0.1) is 0 Å². The van der Waals surface area contributed by atoms with E-state index in [0.717, 1.165) is 32.6 Å². The number of nitrogens with one attached hydrogen (secondary N) is 1. The molecule has 1 fully saturated rings. The molecule has 0 aromatic heterocycles. The van der Waals surface area contributed by atoms with E-state index >= 15 is 0 Å². The number of aryl methyl sites for hydroxylation is 1. The minimum absolute atomic E-state index is 0.691. The molecule has 0 unspecified atom stereocenters. The van der Waals surface area contributed by atoms with E-state index in [2.05, 4.69) is 62.3 Å². The zero-order valence-corrected chi connectivity index (χ0v) is 15.0. The van der Waals surface area contributed by atoms with Crippen molar-refractivity contribution in [3.8, 4) is 11.5 Å². The van der Waals surface area contributed by atoms with Crippen LogP contribution in [0.25, 0.3) is 0 Å². The van der Waals surface area contributed by atoms with Crippen molar-refractivity contribution < 1.29 is 4.74 Å². The molecular formula is C17H17Br2NO. The topological polar surface area (TPSA) is 21.3 Å². The van der Waals surface area contributed by atoms with E-state index in [1.54, 1.807) is 0 Å². The predicted molar refractivity (Wildman–Crippen MR) is 93.0 cm³/mol. The Kier molecular flexibility index (Phi) is 4.67. The maximum atomic E-state index is 6.14. The standard InChI is InChI=1S/C17H17Br2NO/c1-11-8-13(18)4-7-16(11)21-17-9-14(19)3-2-12(17)10-20-15-5-6-15/h2-4,7-9,15,20H,5-6,10H2,1H3. The van der Waals surface area contributed by atoms with Gasteiger partial charge in [-0.25, -0.2) is 0 Å². The van der Waals surface area contributed by atoms with Crippen LogP contribution in [0.15, 0.2) is 45.3 Å². The molecule has 0 aliphatic heterocycles. The van der Waals surface area contributed by atoms with Crippen LogP contribution in [0.1, 0.15) is 24.0 Å². The first-order chi connectivity index (χ1) is 10.1. The van der Waals surface area contributed by atoms with Gasteiger partial charge in [0, 0.05) is 27.1 Å². The van der Waals surface area contributed by atoms with E-state index in [4.69, 9.17) is 4.74 Å². The highest BCUT2D eigenvalue weighted by atomic mass is 79.9. The van der Waals surface area contributed by atoms with Gasteiger partial charge >= 0.3 is 0 Å². The molecule has 2 aromatic rings. The van der Waals surface area contributed by atoms with Crippen molar-refractivity contribution in [2.24, 2.45) is 0 Å². The molecule has 0 spiro atoms. The molecular weight excluding hydrogens is 394 g/mol. The van der Waals surface area contributed by atoms with Gasteiger partial charge in [0.2, 0.25) is 0 Å². The van der Waals surface area contributed by atoms with Crippen LogP contribution in [0.4, 0.5) is 0 Å². The smallest absolute Gasteiger partial charge is 0.133 e. The maximum absolute atomic E-state index is 6.14. The summed E-state index contributed by atoms with van der Waals surface area (Å²) in [5.74, 6) is 1.80. The number of rotatable bonds is 5. The highest BCUT2D eigenvalue weighted by Crippen LogP contribution is 2.32. The van der Waals surface area contributed by atoms with E-state index in [1.807, 2.05) is 18.2 Å². The lowest BCUT2D eigenvalue weighted by molar-refractivity contribution is 0.468. The fourth-order valence-corrected chi connectivity index (χ4v) is 2.97. The molecule has 0 bridgehead atoms. The van der Waals surface area contributed by atoms with E-state index in [9.17, 15) is 0 Å². The summed E-state index contributed by atoms with van der Waals surface area (Å²) in [4.78, 5) is 0. The number of ether oxygens (including phenoxy) is 1. The van der Waals surface area contributed by atoms with Crippen molar-refractivity contribution in [2.45, 2.75) is 32.4 Å². The van der Waals surface area contributed by atoms with E-state index in [-0.39, 0.29) is 0 Å². The Morgan fingerprint density at radius 1 is 1.05 bits per heavy atom. The summed E-state index contributed by atoms with van der Waals surface area (Å²) in [6.45, 7) is 2.91. The molecule has 1 aliphatic carbocycles. The molecule has 110 valence electrons. The first-order valence-electron chi connectivity index (χ1n) is 7.07. The van der Waals surface area contributed by atoms with Crippen LogP contribution in [0.3, 0.4) is 0 Å². The second kappa shape index (κ2) is 6.51. The third-order valence-corrected chi connectivity index (χ3v) is 4.53. The summed E-state index contributed by atoms with van der Waals surface area (Å²) in [6.07, 6.45) is 2.58. The summed E-state index contributed by atoms with van der Waals surface area (Å²) in [7, 11) is 0. The van der Waals surface area contributed by atoms with Crippen molar-refractivity contribution in [2.75, 3.05) is 0 Å². The normalized spacial score (nSPS) is 14.2. The molecule has 21 heavy (non-hydrogen) atoms. The molecule has 0 heterocycles. The Morgan fingerprint density at radius 3 is 2.48 bits per heavy atom. The molecule has 0 amide bonds. The number of benzene rings is 2. The van der Waals surface area contributed by atoms with Crippen molar-refractivity contribution >= 4 is 31.9 Å². The highest BCUT2D eigenvalue weighted by Gasteiger charge is 2.20. The Bertz CT molecular complexity index is 653. The van der Waals surface area contributed by atoms with Crippen molar-refractivity contribution in [1.82, 2.24) is 5.32 Å². The third-order valence-electron chi connectivity index (χ3n) is 3.54. The second-order valence-electron chi connectivity index (χ2n) is 5.42. The van der Waals surface area contributed by atoms with Crippen molar-refractivity contribution in [1.29, 1.82) is 0 Å².